The zero-order valence-electron chi connectivity index (χ0n) is 14.0. The van der Waals surface area contributed by atoms with E-state index in [9.17, 15) is 4.79 Å². The number of carbonyl (C=O) groups excluding carboxylic acids is 1. The number of piperidine rings is 3. The molecule has 6 rings (SSSR count). The average Bonchev–Trinajstić information content (AvgIpc) is 3.32. The van der Waals surface area contributed by atoms with Gasteiger partial charge in [0.1, 0.15) is 5.69 Å². The number of fused-ring (bicyclic) bond motifs is 4. The van der Waals surface area contributed by atoms with E-state index >= 15 is 0 Å². The van der Waals surface area contributed by atoms with Gasteiger partial charge in [-0.3, -0.25) is 4.79 Å². The van der Waals surface area contributed by atoms with E-state index in [2.05, 4.69) is 15.3 Å². The van der Waals surface area contributed by atoms with Crippen molar-refractivity contribution in [1.29, 1.82) is 0 Å². The molecule has 5 heteroatoms. The number of ketones is 1. The van der Waals surface area contributed by atoms with Crippen LogP contribution in [0.1, 0.15) is 29.8 Å². The number of carbonyl (C=O) groups is 1. The molecule has 25 heavy (non-hydrogen) atoms. The van der Waals surface area contributed by atoms with Crippen molar-refractivity contribution in [3.05, 3.63) is 42.5 Å². The molecule has 0 saturated carbocycles. The first-order chi connectivity index (χ1) is 12.3. The summed E-state index contributed by atoms with van der Waals surface area (Å²) < 4.78 is 10.7. The predicted octanol–water partition coefficient (Wildman–Crippen LogP) is 4.47. The number of hydrogen-bond acceptors (Lipinski definition) is 5. The van der Waals surface area contributed by atoms with Gasteiger partial charge in [0.25, 0.3) is 0 Å². The number of rotatable bonds is 4. The molecule has 0 unspecified atom stereocenters. The van der Waals surface area contributed by atoms with E-state index in [0.717, 1.165) is 33.7 Å². The Labute approximate surface area is 150 Å². The highest BCUT2D eigenvalue weighted by Crippen LogP contribution is 2.36. The first kappa shape index (κ1) is 15.3. The number of nitrogens with zero attached hydrogens (tertiary/aromatic N) is 2. The van der Waals surface area contributed by atoms with Crippen LogP contribution in [0.3, 0.4) is 0 Å². The van der Waals surface area contributed by atoms with Gasteiger partial charge in [0, 0.05) is 23.9 Å². The van der Waals surface area contributed by atoms with E-state index in [0.29, 0.717) is 18.0 Å². The Morgan fingerprint density at radius 3 is 2.84 bits per heavy atom. The lowest BCUT2D eigenvalue weighted by Gasteiger charge is -2.44. The fourth-order valence-corrected chi connectivity index (χ4v) is 5.23. The Kier molecular flexibility index (Phi) is 3.71. The van der Waals surface area contributed by atoms with Gasteiger partial charge in [0.05, 0.1) is 17.2 Å². The molecule has 1 aromatic carbocycles. The van der Waals surface area contributed by atoms with Crippen molar-refractivity contribution in [3.63, 3.8) is 0 Å². The van der Waals surface area contributed by atoms with Crippen LogP contribution < -0.4 is 0 Å². The second kappa shape index (κ2) is 6.07. The van der Waals surface area contributed by atoms with Crippen LogP contribution >= 0.6 is 11.5 Å². The highest BCUT2D eigenvalue weighted by Gasteiger charge is 2.35. The van der Waals surface area contributed by atoms with Gasteiger partial charge in [-0.25, -0.2) is 0 Å². The Balaban J connectivity index is 1.40. The molecule has 0 aliphatic carbocycles. The van der Waals surface area contributed by atoms with Crippen molar-refractivity contribution in [2.45, 2.75) is 19.3 Å². The SMILES string of the molecule is O=C(C[C@@H]1CN2CCC1CC2)c1nsc2cc(-c3ccoc3)ccc12. The monoisotopic (exact) mass is 352 g/mol. The van der Waals surface area contributed by atoms with Gasteiger partial charge in [0.15, 0.2) is 5.78 Å². The molecule has 0 radical (unpaired) electrons. The van der Waals surface area contributed by atoms with E-state index in [1.165, 1.54) is 37.5 Å². The van der Waals surface area contributed by atoms with Gasteiger partial charge < -0.3 is 9.32 Å². The molecule has 5 heterocycles. The average molecular weight is 352 g/mol. The number of benzene rings is 1. The molecule has 0 spiro atoms. The molecular weight excluding hydrogens is 332 g/mol. The molecule has 0 amide bonds. The summed E-state index contributed by atoms with van der Waals surface area (Å²) in [5.74, 6) is 1.45. The van der Waals surface area contributed by atoms with Crippen LogP contribution in [0.2, 0.25) is 0 Å². The molecule has 3 aliphatic rings. The van der Waals surface area contributed by atoms with Crippen molar-refractivity contribution < 1.29 is 9.21 Å². The zero-order chi connectivity index (χ0) is 16.8. The van der Waals surface area contributed by atoms with E-state index in [4.69, 9.17) is 4.42 Å². The quantitative estimate of drug-likeness (QED) is 0.650. The van der Waals surface area contributed by atoms with Crippen molar-refractivity contribution in [2.75, 3.05) is 19.6 Å². The molecule has 3 aromatic rings. The summed E-state index contributed by atoms with van der Waals surface area (Å²) in [6.45, 7) is 3.51. The third kappa shape index (κ3) is 2.71. The summed E-state index contributed by atoms with van der Waals surface area (Å²) >= 11 is 1.42. The minimum atomic E-state index is 0.209. The van der Waals surface area contributed by atoms with Crippen molar-refractivity contribution in [1.82, 2.24) is 9.27 Å². The fourth-order valence-electron chi connectivity index (χ4n) is 4.40. The molecule has 4 nitrogen and oxygen atoms in total. The molecule has 3 saturated heterocycles. The van der Waals surface area contributed by atoms with Crippen molar-refractivity contribution in [2.24, 2.45) is 11.8 Å². The minimum Gasteiger partial charge on any atom is -0.472 e. The maximum Gasteiger partial charge on any atom is 0.183 e. The molecule has 3 aliphatic heterocycles. The lowest BCUT2D eigenvalue weighted by atomic mass is 9.76. The zero-order valence-corrected chi connectivity index (χ0v) is 14.8. The van der Waals surface area contributed by atoms with Crippen LogP contribution in [-0.4, -0.2) is 34.7 Å². The van der Waals surface area contributed by atoms with E-state index in [1.54, 1.807) is 12.5 Å². The standard InChI is InChI=1S/C20H20N2O2S/c23-18(9-16-11-22-6-3-13(16)4-7-22)20-17-2-1-14(10-19(17)25-21-20)15-5-8-24-12-15/h1-2,5,8,10,12-13,16H,3-4,6-7,9,11H2/t16-/m1/s1. The lowest BCUT2D eigenvalue weighted by Crippen LogP contribution is -2.47. The number of Topliss-reactive ketones (excluding diaryl/α,β-unsaturated/α-hetero) is 1. The first-order valence-electron chi connectivity index (χ1n) is 8.95. The van der Waals surface area contributed by atoms with Crippen LogP contribution in [0.15, 0.2) is 41.2 Å². The Bertz CT molecular complexity index is 907. The molecule has 1 atom stereocenters. The van der Waals surface area contributed by atoms with E-state index in [1.807, 2.05) is 18.2 Å². The fraction of sp³-hybridized carbons (Fsp3) is 0.400. The summed E-state index contributed by atoms with van der Waals surface area (Å²) in [4.78, 5) is 15.4. The Morgan fingerprint density at radius 2 is 2.12 bits per heavy atom. The summed E-state index contributed by atoms with van der Waals surface area (Å²) in [6, 6.07) is 8.13. The van der Waals surface area contributed by atoms with Gasteiger partial charge in [-0.05, 0) is 67.0 Å². The summed E-state index contributed by atoms with van der Waals surface area (Å²) in [5, 5.41) is 0.989. The lowest BCUT2D eigenvalue weighted by molar-refractivity contribution is 0.0440. The van der Waals surface area contributed by atoms with Crippen LogP contribution in [0.25, 0.3) is 21.2 Å². The normalized spacial score (nSPS) is 25.5. The van der Waals surface area contributed by atoms with E-state index < -0.39 is 0 Å². The van der Waals surface area contributed by atoms with Crippen LogP contribution in [0, 0.1) is 11.8 Å². The van der Waals surface area contributed by atoms with Crippen LogP contribution in [-0.2, 0) is 0 Å². The summed E-state index contributed by atoms with van der Waals surface area (Å²) in [7, 11) is 0. The van der Waals surface area contributed by atoms with Gasteiger partial charge in [-0.15, -0.1) is 0 Å². The predicted molar refractivity (Wildman–Crippen MR) is 98.9 cm³/mol. The molecule has 128 valence electrons. The van der Waals surface area contributed by atoms with Gasteiger partial charge >= 0.3 is 0 Å². The largest absolute Gasteiger partial charge is 0.472 e. The number of aromatic nitrogens is 1. The van der Waals surface area contributed by atoms with Gasteiger partial charge in [-0.1, -0.05) is 12.1 Å². The Morgan fingerprint density at radius 1 is 1.24 bits per heavy atom. The Hall–Kier alpha value is -1.98. The highest BCUT2D eigenvalue weighted by molar-refractivity contribution is 7.13. The molecule has 3 fully saturated rings. The minimum absolute atomic E-state index is 0.209. The topological polar surface area (TPSA) is 46.3 Å². The first-order valence-corrected chi connectivity index (χ1v) is 9.73. The maximum absolute atomic E-state index is 12.9. The maximum atomic E-state index is 12.9. The third-order valence-corrected chi connectivity index (χ3v) is 6.64. The van der Waals surface area contributed by atoms with Crippen molar-refractivity contribution >= 4 is 27.4 Å². The van der Waals surface area contributed by atoms with Gasteiger partial charge in [0.2, 0.25) is 0 Å². The second-order valence-corrected chi connectivity index (χ2v) is 8.08. The smallest absolute Gasteiger partial charge is 0.183 e. The van der Waals surface area contributed by atoms with Crippen molar-refractivity contribution in [3.8, 4) is 11.1 Å². The molecule has 0 N–H and O–H groups in total. The van der Waals surface area contributed by atoms with Gasteiger partial charge in [-0.2, -0.15) is 4.37 Å². The van der Waals surface area contributed by atoms with E-state index in [-0.39, 0.29) is 5.78 Å². The number of furan rings is 1. The second-order valence-electron chi connectivity index (χ2n) is 7.28. The van der Waals surface area contributed by atoms with Crippen LogP contribution in [0.5, 0.6) is 0 Å². The van der Waals surface area contributed by atoms with Crippen LogP contribution in [0.4, 0.5) is 0 Å². The molecule has 2 aromatic heterocycles. The third-order valence-electron chi connectivity index (χ3n) is 5.83. The highest BCUT2D eigenvalue weighted by atomic mass is 32.1. The summed E-state index contributed by atoms with van der Waals surface area (Å²) in [5.41, 5.74) is 2.81. The molecular formula is C20H20N2O2S. The number of hydrogen-bond donors (Lipinski definition) is 0. The summed E-state index contributed by atoms with van der Waals surface area (Å²) in [6.07, 6.45) is 6.56. The molecule has 2 bridgehead atoms.